The van der Waals surface area contributed by atoms with E-state index in [1.165, 1.54) is 31.3 Å². The maximum absolute atomic E-state index is 12.5. The van der Waals surface area contributed by atoms with E-state index in [9.17, 15) is 37.3 Å². The molecule has 2 aromatic carbocycles. The van der Waals surface area contributed by atoms with Gasteiger partial charge in [0.15, 0.2) is 0 Å². The fourth-order valence-corrected chi connectivity index (χ4v) is 10.8. The summed E-state index contributed by atoms with van der Waals surface area (Å²) in [7, 11) is -6.78. The molecular formula is C34H44N4O8S4. The average Bonchev–Trinajstić information content (AvgIpc) is 3.89. The van der Waals surface area contributed by atoms with Gasteiger partial charge in [0.1, 0.15) is 19.6 Å². The zero-order valence-electron chi connectivity index (χ0n) is 28.0. The van der Waals surface area contributed by atoms with Gasteiger partial charge in [0.05, 0.1) is 13.2 Å². The van der Waals surface area contributed by atoms with Gasteiger partial charge in [-0.15, -0.1) is 22.7 Å². The molecule has 2 saturated heterocycles. The highest BCUT2D eigenvalue weighted by atomic mass is 32.3. The van der Waals surface area contributed by atoms with Crippen LogP contribution in [0.1, 0.15) is 25.0 Å². The first-order valence-electron chi connectivity index (χ1n) is 16.1. The summed E-state index contributed by atoms with van der Waals surface area (Å²) in [5.41, 5.74) is 0.740. The summed E-state index contributed by atoms with van der Waals surface area (Å²) in [4.78, 5) is 4.25. The molecular weight excluding hydrogens is 721 g/mol. The van der Waals surface area contributed by atoms with E-state index in [-0.39, 0.29) is 13.2 Å². The van der Waals surface area contributed by atoms with Gasteiger partial charge in [-0.25, -0.2) is 16.8 Å². The van der Waals surface area contributed by atoms with Crippen molar-refractivity contribution in [3.05, 3.63) is 94.7 Å². The van der Waals surface area contributed by atoms with E-state index < -0.39 is 31.2 Å². The summed E-state index contributed by atoms with van der Waals surface area (Å²) in [5, 5.41) is 42.1. The smallest absolute Gasteiger partial charge is 0.252 e. The highest BCUT2D eigenvalue weighted by molar-refractivity contribution is 7.91. The van der Waals surface area contributed by atoms with Crippen LogP contribution in [-0.2, 0) is 31.2 Å². The second-order valence-electron chi connectivity index (χ2n) is 12.6. The number of hydrogen-bond acceptors (Lipinski definition) is 12. The SMILES string of the molecule is C[C@@](O)(CO)c1ccc(N2CCN(S(=O)(=O)c3cccs3)CC2)cc1.C[C@](O)(CO)c1ccc(N2CCN(S(=O)(=O)c3cccs3)CC2)cc1. The predicted molar refractivity (Wildman–Crippen MR) is 197 cm³/mol. The van der Waals surface area contributed by atoms with Crippen LogP contribution >= 0.6 is 22.7 Å². The Bertz CT molecular complexity index is 1730. The van der Waals surface area contributed by atoms with Crippen LogP contribution in [0.4, 0.5) is 11.4 Å². The normalized spacial score (nSPS) is 18.9. The monoisotopic (exact) mass is 764 g/mol. The first-order chi connectivity index (χ1) is 23.7. The molecule has 0 unspecified atom stereocenters. The molecule has 0 radical (unpaired) electrons. The maximum Gasteiger partial charge on any atom is 0.252 e. The topological polar surface area (TPSA) is 162 Å². The third-order valence-corrected chi connectivity index (χ3v) is 15.5. The summed E-state index contributed by atoms with van der Waals surface area (Å²) in [5.74, 6) is 0. The standard InChI is InChI=1S/2C17H22N2O4S2/c2*1-17(21,13-20)14-4-6-15(7-5-14)18-8-10-19(11-9-18)25(22,23)16-3-2-12-24-16/h2*2-7,12,20-21H,8-11,13H2,1H3/t2*17-/m10/s1. The zero-order chi connectivity index (χ0) is 36.2. The molecule has 4 heterocycles. The van der Waals surface area contributed by atoms with Crippen molar-refractivity contribution in [2.24, 2.45) is 0 Å². The summed E-state index contributed by atoms with van der Waals surface area (Å²) < 4.78 is 54.0. The average molecular weight is 765 g/mol. The number of piperazine rings is 2. The van der Waals surface area contributed by atoms with Crippen molar-refractivity contribution in [3.8, 4) is 0 Å². The molecule has 0 bridgehead atoms. The van der Waals surface area contributed by atoms with Crippen molar-refractivity contribution in [1.82, 2.24) is 8.61 Å². The van der Waals surface area contributed by atoms with Gasteiger partial charge in [0, 0.05) is 63.7 Å². The molecule has 2 aromatic heterocycles. The fourth-order valence-electron chi connectivity index (χ4n) is 5.69. The first kappa shape index (κ1) is 38.3. The van der Waals surface area contributed by atoms with Crippen LogP contribution in [0.3, 0.4) is 0 Å². The highest BCUT2D eigenvalue weighted by Gasteiger charge is 2.31. The molecule has 0 amide bonds. The molecule has 2 fully saturated rings. The van der Waals surface area contributed by atoms with Crippen molar-refractivity contribution in [2.45, 2.75) is 33.5 Å². The molecule has 0 saturated carbocycles. The van der Waals surface area contributed by atoms with Crippen molar-refractivity contribution in [3.63, 3.8) is 0 Å². The lowest BCUT2D eigenvalue weighted by Crippen LogP contribution is -2.48. The second-order valence-corrected chi connectivity index (χ2v) is 18.8. The lowest BCUT2D eigenvalue weighted by Gasteiger charge is -2.35. The molecule has 2 atom stereocenters. The molecule has 12 nitrogen and oxygen atoms in total. The Hall–Kier alpha value is -2.90. The van der Waals surface area contributed by atoms with Crippen LogP contribution in [0.5, 0.6) is 0 Å². The summed E-state index contributed by atoms with van der Waals surface area (Å²) in [6, 6.07) is 21.5. The molecule has 0 aliphatic carbocycles. The van der Waals surface area contributed by atoms with Crippen LogP contribution in [0.15, 0.2) is 92.0 Å². The third kappa shape index (κ3) is 8.58. The van der Waals surface area contributed by atoms with Gasteiger partial charge in [-0.2, -0.15) is 8.61 Å². The number of hydrogen-bond donors (Lipinski definition) is 4. The van der Waals surface area contributed by atoms with Crippen LogP contribution < -0.4 is 9.80 Å². The molecule has 6 rings (SSSR count). The Balaban J connectivity index is 0.000000194. The van der Waals surface area contributed by atoms with Crippen molar-refractivity contribution < 1.29 is 37.3 Å². The van der Waals surface area contributed by atoms with Crippen molar-refractivity contribution in [1.29, 1.82) is 0 Å². The van der Waals surface area contributed by atoms with Gasteiger partial charge in [0.2, 0.25) is 0 Å². The molecule has 2 aliphatic rings. The van der Waals surface area contributed by atoms with E-state index in [0.29, 0.717) is 71.9 Å². The highest BCUT2D eigenvalue weighted by Crippen LogP contribution is 2.28. The molecule has 2 aliphatic heterocycles. The summed E-state index contributed by atoms with van der Waals surface area (Å²) in [6.45, 7) is 6.66. The minimum atomic E-state index is -3.39. The zero-order valence-corrected chi connectivity index (χ0v) is 31.3. The lowest BCUT2D eigenvalue weighted by atomic mass is 9.97. The second kappa shape index (κ2) is 15.8. The number of nitrogens with zero attached hydrogens (tertiary/aromatic N) is 4. The maximum atomic E-state index is 12.5. The van der Waals surface area contributed by atoms with Gasteiger partial charge >= 0.3 is 0 Å². The Morgan fingerprint density at radius 3 is 1.14 bits per heavy atom. The van der Waals surface area contributed by atoms with E-state index in [2.05, 4.69) is 9.80 Å². The third-order valence-electron chi connectivity index (χ3n) is 8.98. The van der Waals surface area contributed by atoms with E-state index in [1.807, 2.05) is 24.3 Å². The van der Waals surface area contributed by atoms with Gasteiger partial charge in [-0.1, -0.05) is 36.4 Å². The Kier molecular flexibility index (Phi) is 12.1. The molecule has 16 heteroatoms. The van der Waals surface area contributed by atoms with Gasteiger partial charge in [-0.05, 0) is 72.1 Å². The van der Waals surface area contributed by atoms with Crippen molar-refractivity contribution in [2.75, 3.05) is 75.4 Å². The quantitative estimate of drug-likeness (QED) is 0.189. The van der Waals surface area contributed by atoms with Gasteiger partial charge in [-0.3, -0.25) is 0 Å². The van der Waals surface area contributed by atoms with Crippen LogP contribution in [0.25, 0.3) is 0 Å². The number of thiophene rings is 2. The fraction of sp³-hybridized carbons (Fsp3) is 0.412. The molecule has 4 aromatic rings. The lowest BCUT2D eigenvalue weighted by molar-refractivity contribution is -0.00239. The van der Waals surface area contributed by atoms with Crippen LogP contribution in [0, 0.1) is 0 Å². The van der Waals surface area contributed by atoms with E-state index in [4.69, 9.17) is 0 Å². The molecule has 4 N–H and O–H groups in total. The number of aliphatic hydroxyl groups excluding tert-OH is 2. The number of aliphatic hydroxyl groups is 4. The summed E-state index contributed by atoms with van der Waals surface area (Å²) >= 11 is 2.48. The predicted octanol–water partition coefficient (Wildman–Crippen LogP) is 2.92. The minimum absolute atomic E-state index is 0.342. The van der Waals surface area contributed by atoms with E-state index >= 15 is 0 Å². The molecule has 50 heavy (non-hydrogen) atoms. The summed E-state index contributed by atoms with van der Waals surface area (Å²) in [6.07, 6.45) is 0. The Labute approximate surface area is 302 Å². The number of anilines is 2. The largest absolute Gasteiger partial charge is 0.393 e. The minimum Gasteiger partial charge on any atom is -0.393 e. The van der Waals surface area contributed by atoms with E-state index in [0.717, 1.165) is 11.4 Å². The first-order valence-corrected chi connectivity index (χ1v) is 20.8. The Morgan fingerprint density at radius 2 is 0.880 bits per heavy atom. The number of rotatable bonds is 10. The van der Waals surface area contributed by atoms with Crippen molar-refractivity contribution >= 4 is 54.1 Å². The number of benzene rings is 2. The molecule has 272 valence electrons. The molecule has 0 spiro atoms. The van der Waals surface area contributed by atoms with Gasteiger partial charge < -0.3 is 30.2 Å². The van der Waals surface area contributed by atoms with Crippen LogP contribution in [0.2, 0.25) is 0 Å². The van der Waals surface area contributed by atoms with Gasteiger partial charge in [0.25, 0.3) is 20.0 Å². The van der Waals surface area contributed by atoms with E-state index in [1.54, 1.807) is 73.1 Å². The van der Waals surface area contributed by atoms with Crippen LogP contribution in [-0.4, -0.2) is 111 Å². The Morgan fingerprint density at radius 1 is 0.560 bits per heavy atom. The number of sulfonamides is 2.